The summed E-state index contributed by atoms with van der Waals surface area (Å²) in [6, 6.07) is 0. The minimum Gasteiger partial charge on any atom is -0.320 e. The number of nitrogens with zero attached hydrogens (tertiary/aromatic N) is 1. The van der Waals surface area contributed by atoms with Gasteiger partial charge in [0.25, 0.3) is 0 Å². The van der Waals surface area contributed by atoms with E-state index in [9.17, 15) is 8.42 Å². The summed E-state index contributed by atoms with van der Waals surface area (Å²) in [6.45, 7) is 6.67. The Morgan fingerprint density at radius 3 is 2.61 bits per heavy atom. The molecule has 1 atom stereocenters. The van der Waals surface area contributed by atoms with Gasteiger partial charge in [0, 0.05) is 13.1 Å². The average Bonchev–Trinajstić information content (AvgIpc) is 2.55. The molecule has 1 rings (SSSR count). The van der Waals surface area contributed by atoms with Crippen molar-refractivity contribution in [3.05, 3.63) is 0 Å². The van der Waals surface area contributed by atoms with Crippen molar-refractivity contribution < 1.29 is 8.42 Å². The Labute approximate surface area is 112 Å². The first-order valence-electron chi connectivity index (χ1n) is 7.10. The second-order valence-electron chi connectivity index (χ2n) is 5.61. The van der Waals surface area contributed by atoms with Crippen molar-refractivity contribution in [1.82, 2.24) is 9.62 Å². The molecule has 18 heavy (non-hydrogen) atoms. The highest BCUT2D eigenvalue weighted by atomic mass is 32.2. The number of hydrogen-bond acceptors (Lipinski definition) is 3. The van der Waals surface area contributed by atoms with Crippen molar-refractivity contribution in [2.75, 3.05) is 32.4 Å². The molecule has 1 heterocycles. The molecule has 0 amide bonds. The van der Waals surface area contributed by atoms with E-state index < -0.39 is 10.0 Å². The maximum atomic E-state index is 12.2. The van der Waals surface area contributed by atoms with Gasteiger partial charge in [0.2, 0.25) is 10.0 Å². The van der Waals surface area contributed by atoms with Gasteiger partial charge in [-0.2, -0.15) is 0 Å². The summed E-state index contributed by atoms with van der Waals surface area (Å²) in [7, 11) is -1.18. The van der Waals surface area contributed by atoms with E-state index in [2.05, 4.69) is 19.2 Å². The van der Waals surface area contributed by atoms with Crippen molar-refractivity contribution in [1.29, 1.82) is 0 Å². The summed E-state index contributed by atoms with van der Waals surface area (Å²) in [5.41, 5.74) is 0. The molecule has 0 saturated carbocycles. The standard InChI is InChI=1S/C13H28N2O2S/c1-12(2)13-6-4-9-15(10-7-13)18(16,17)11-5-8-14-3/h12-14H,4-11H2,1-3H3. The Hall–Kier alpha value is -0.130. The van der Waals surface area contributed by atoms with E-state index in [-0.39, 0.29) is 5.75 Å². The van der Waals surface area contributed by atoms with Crippen LogP contribution in [-0.4, -0.2) is 45.2 Å². The molecule has 1 saturated heterocycles. The molecule has 1 fully saturated rings. The van der Waals surface area contributed by atoms with E-state index in [0.717, 1.165) is 19.4 Å². The number of rotatable bonds is 6. The highest BCUT2D eigenvalue weighted by Gasteiger charge is 2.26. The molecule has 5 heteroatoms. The maximum Gasteiger partial charge on any atom is 0.214 e. The van der Waals surface area contributed by atoms with Crippen molar-refractivity contribution in [2.24, 2.45) is 11.8 Å². The summed E-state index contributed by atoms with van der Waals surface area (Å²) >= 11 is 0. The summed E-state index contributed by atoms with van der Waals surface area (Å²) in [5, 5.41) is 2.99. The third kappa shape index (κ3) is 4.86. The summed E-state index contributed by atoms with van der Waals surface area (Å²) in [5.74, 6) is 1.62. The molecule has 0 radical (unpaired) electrons. The quantitative estimate of drug-likeness (QED) is 0.751. The van der Waals surface area contributed by atoms with E-state index in [1.165, 1.54) is 6.42 Å². The second kappa shape index (κ2) is 7.46. The van der Waals surface area contributed by atoms with Crippen molar-refractivity contribution in [3.8, 4) is 0 Å². The van der Waals surface area contributed by atoms with Crippen molar-refractivity contribution in [3.63, 3.8) is 0 Å². The zero-order chi connectivity index (χ0) is 13.6. The Morgan fingerprint density at radius 1 is 1.28 bits per heavy atom. The first-order chi connectivity index (χ1) is 8.47. The third-order valence-electron chi connectivity index (χ3n) is 3.90. The molecule has 0 aromatic carbocycles. The van der Waals surface area contributed by atoms with Crippen LogP contribution in [0.25, 0.3) is 0 Å². The fraction of sp³-hybridized carbons (Fsp3) is 1.00. The number of nitrogens with one attached hydrogen (secondary N) is 1. The first-order valence-corrected chi connectivity index (χ1v) is 8.70. The van der Waals surface area contributed by atoms with Crippen LogP contribution in [0, 0.1) is 11.8 Å². The lowest BCUT2D eigenvalue weighted by Crippen LogP contribution is -2.34. The molecular formula is C13H28N2O2S. The van der Waals surface area contributed by atoms with E-state index in [1.54, 1.807) is 4.31 Å². The first kappa shape index (κ1) is 15.9. The summed E-state index contributed by atoms with van der Waals surface area (Å²) < 4.78 is 26.1. The van der Waals surface area contributed by atoms with Gasteiger partial charge in [0.05, 0.1) is 5.75 Å². The Balaban J connectivity index is 2.51. The minimum absolute atomic E-state index is 0.278. The molecule has 1 aliphatic rings. The molecule has 4 nitrogen and oxygen atoms in total. The molecule has 0 aromatic heterocycles. The number of sulfonamides is 1. The molecule has 1 unspecified atom stereocenters. The third-order valence-corrected chi connectivity index (χ3v) is 5.85. The van der Waals surface area contributed by atoms with Gasteiger partial charge in [-0.25, -0.2) is 12.7 Å². The Morgan fingerprint density at radius 2 is 2.00 bits per heavy atom. The molecular weight excluding hydrogens is 248 g/mol. The van der Waals surface area contributed by atoms with Crippen LogP contribution in [0.1, 0.15) is 39.5 Å². The highest BCUT2D eigenvalue weighted by molar-refractivity contribution is 7.89. The van der Waals surface area contributed by atoms with Gasteiger partial charge in [0.15, 0.2) is 0 Å². The van der Waals surface area contributed by atoms with Crippen LogP contribution >= 0.6 is 0 Å². The second-order valence-corrected chi connectivity index (χ2v) is 7.70. The highest BCUT2D eigenvalue weighted by Crippen LogP contribution is 2.25. The van der Waals surface area contributed by atoms with Gasteiger partial charge in [0.1, 0.15) is 0 Å². The lowest BCUT2D eigenvalue weighted by Gasteiger charge is -2.21. The summed E-state index contributed by atoms with van der Waals surface area (Å²) in [6.07, 6.45) is 3.89. The molecule has 0 bridgehead atoms. The average molecular weight is 276 g/mol. The minimum atomic E-state index is -3.03. The lowest BCUT2D eigenvalue weighted by molar-refractivity contribution is 0.340. The predicted molar refractivity (Wildman–Crippen MR) is 76.1 cm³/mol. The largest absolute Gasteiger partial charge is 0.320 e. The van der Waals surface area contributed by atoms with Gasteiger partial charge in [-0.05, 0) is 51.1 Å². The van der Waals surface area contributed by atoms with Crippen LogP contribution in [0.3, 0.4) is 0 Å². The molecule has 0 spiro atoms. The van der Waals surface area contributed by atoms with E-state index >= 15 is 0 Å². The van der Waals surface area contributed by atoms with Crippen LogP contribution in [-0.2, 0) is 10.0 Å². The van der Waals surface area contributed by atoms with Gasteiger partial charge >= 0.3 is 0 Å². The smallest absolute Gasteiger partial charge is 0.214 e. The van der Waals surface area contributed by atoms with Crippen LogP contribution in [0.15, 0.2) is 0 Å². The molecule has 1 N–H and O–H groups in total. The topological polar surface area (TPSA) is 49.4 Å². The van der Waals surface area contributed by atoms with Crippen molar-refractivity contribution >= 4 is 10.0 Å². The molecule has 108 valence electrons. The van der Waals surface area contributed by atoms with E-state index in [0.29, 0.717) is 31.3 Å². The fourth-order valence-electron chi connectivity index (χ4n) is 2.60. The monoisotopic (exact) mass is 276 g/mol. The predicted octanol–water partition coefficient (Wildman–Crippen LogP) is 1.68. The van der Waals surface area contributed by atoms with E-state index in [1.807, 2.05) is 7.05 Å². The van der Waals surface area contributed by atoms with Crippen LogP contribution in [0.5, 0.6) is 0 Å². The van der Waals surface area contributed by atoms with Crippen LogP contribution in [0.4, 0.5) is 0 Å². The lowest BCUT2D eigenvalue weighted by atomic mass is 9.89. The molecule has 0 aromatic rings. The SMILES string of the molecule is CNCCCS(=O)(=O)N1CCCC(C(C)C)CC1. The van der Waals surface area contributed by atoms with Crippen LogP contribution < -0.4 is 5.32 Å². The Bertz CT molecular complexity index is 328. The Kier molecular flexibility index (Phi) is 6.60. The van der Waals surface area contributed by atoms with Gasteiger partial charge in [-0.15, -0.1) is 0 Å². The van der Waals surface area contributed by atoms with Gasteiger partial charge < -0.3 is 5.32 Å². The van der Waals surface area contributed by atoms with Gasteiger partial charge in [-0.3, -0.25) is 0 Å². The zero-order valence-electron chi connectivity index (χ0n) is 12.0. The fourth-order valence-corrected chi connectivity index (χ4v) is 4.16. The summed E-state index contributed by atoms with van der Waals surface area (Å²) in [4.78, 5) is 0. The molecule has 1 aliphatic heterocycles. The van der Waals surface area contributed by atoms with Crippen LogP contribution in [0.2, 0.25) is 0 Å². The molecule has 0 aliphatic carbocycles. The zero-order valence-corrected chi connectivity index (χ0v) is 12.8. The van der Waals surface area contributed by atoms with Gasteiger partial charge in [-0.1, -0.05) is 13.8 Å². The normalized spacial score (nSPS) is 23.2. The van der Waals surface area contributed by atoms with Crippen molar-refractivity contribution in [2.45, 2.75) is 39.5 Å². The maximum absolute atomic E-state index is 12.2. The number of hydrogen-bond donors (Lipinski definition) is 1. The van der Waals surface area contributed by atoms with E-state index in [4.69, 9.17) is 0 Å².